The van der Waals surface area contributed by atoms with Crippen LogP contribution in [0.4, 0.5) is 0 Å². The molecule has 1 N–H and O–H groups in total. The fourth-order valence-electron chi connectivity index (χ4n) is 2.18. The van der Waals surface area contributed by atoms with Gasteiger partial charge in [-0.1, -0.05) is 19.8 Å². The van der Waals surface area contributed by atoms with Crippen molar-refractivity contribution >= 4 is 16.0 Å². The number of rotatable bonds is 6. The second kappa shape index (κ2) is 5.82. The number of sulfonamides is 1. The van der Waals surface area contributed by atoms with Gasteiger partial charge in [0, 0.05) is 13.6 Å². The molecule has 0 saturated heterocycles. The van der Waals surface area contributed by atoms with Gasteiger partial charge >= 0.3 is 5.97 Å². The first-order chi connectivity index (χ1) is 7.83. The number of carbonyl (C=O) groups is 1. The van der Waals surface area contributed by atoms with Crippen molar-refractivity contribution in [1.82, 2.24) is 4.31 Å². The van der Waals surface area contributed by atoms with Crippen molar-refractivity contribution in [2.75, 3.05) is 19.3 Å². The molecule has 1 rings (SSSR count). The van der Waals surface area contributed by atoms with E-state index in [9.17, 15) is 13.2 Å². The van der Waals surface area contributed by atoms with Crippen LogP contribution in [0.3, 0.4) is 0 Å². The Labute approximate surface area is 103 Å². The maximum atomic E-state index is 12.0. The molecule has 5 nitrogen and oxygen atoms in total. The molecule has 1 saturated carbocycles. The van der Waals surface area contributed by atoms with Crippen LogP contribution in [0.1, 0.15) is 32.6 Å². The smallest absolute Gasteiger partial charge is 0.307 e. The average molecular weight is 263 g/mol. The van der Waals surface area contributed by atoms with Crippen LogP contribution in [-0.2, 0) is 14.8 Å². The molecule has 0 radical (unpaired) electrons. The lowest BCUT2D eigenvalue weighted by Crippen LogP contribution is -2.36. The summed E-state index contributed by atoms with van der Waals surface area (Å²) in [6, 6.07) is 0. The summed E-state index contributed by atoms with van der Waals surface area (Å²) < 4.78 is 25.1. The van der Waals surface area contributed by atoms with Gasteiger partial charge in [0.1, 0.15) is 0 Å². The standard InChI is InChI=1S/C11H21NO4S/c1-9(11(13)14)7-12(2)17(15,16)8-10-5-3-4-6-10/h9-10H,3-8H2,1-2H3,(H,13,14). The average Bonchev–Trinajstić information content (AvgIpc) is 2.69. The van der Waals surface area contributed by atoms with Gasteiger partial charge in [0.05, 0.1) is 11.7 Å². The Balaban J connectivity index is 2.53. The number of nitrogens with zero attached hydrogens (tertiary/aromatic N) is 1. The van der Waals surface area contributed by atoms with Crippen molar-refractivity contribution in [3.05, 3.63) is 0 Å². The summed E-state index contributed by atoms with van der Waals surface area (Å²) in [4.78, 5) is 10.7. The van der Waals surface area contributed by atoms with E-state index in [4.69, 9.17) is 5.11 Å². The molecule has 0 aliphatic heterocycles. The van der Waals surface area contributed by atoms with Gasteiger partial charge in [-0.05, 0) is 18.8 Å². The molecule has 1 unspecified atom stereocenters. The minimum Gasteiger partial charge on any atom is -0.481 e. The SMILES string of the molecule is CC(CN(C)S(=O)(=O)CC1CCCC1)C(=O)O. The van der Waals surface area contributed by atoms with E-state index in [2.05, 4.69) is 0 Å². The van der Waals surface area contributed by atoms with E-state index < -0.39 is 21.9 Å². The maximum absolute atomic E-state index is 12.0. The Morgan fingerprint density at radius 3 is 2.41 bits per heavy atom. The molecule has 1 atom stereocenters. The third-order valence-corrected chi connectivity index (χ3v) is 5.34. The van der Waals surface area contributed by atoms with E-state index in [1.54, 1.807) is 0 Å². The van der Waals surface area contributed by atoms with Gasteiger partial charge in [0.25, 0.3) is 0 Å². The minimum absolute atomic E-state index is 0.0460. The highest BCUT2D eigenvalue weighted by Gasteiger charge is 2.27. The Hall–Kier alpha value is -0.620. The summed E-state index contributed by atoms with van der Waals surface area (Å²) in [6.45, 7) is 1.56. The van der Waals surface area contributed by atoms with Gasteiger partial charge in [-0.2, -0.15) is 0 Å². The van der Waals surface area contributed by atoms with Gasteiger partial charge in [0.2, 0.25) is 10.0 Å². The Bertz CT molecular complexity index is 360. The normalized spacial score (nSPS) is 19.7. The summed E-state index contributed by atoms with van der Waals surface area (Å²) in [6.07, 6.45) is 4.16. The summed E-state index contributed by atoms with van der Waals surface area (Å²) in [7, 11) is -1.84. The predicted molar refractivity (Wildman–Crippen MR) is 65.2 cm³/mol. The highest BCUT2D eigenvalue weighted by molar-refractivity contribution is 7.89. The van der Waals surface area contributed by atoms with E-state index >= 15 is 0 Å². The fraction of sp³-hybridized carbons (Fsp3) is 0.909. The number of carboxylic acid groups (broad SMARTS) is 1. The molecule has 1 aliphatic carbocycles. The first kappa shape index (κ1) is 14.4. The first-order valence-electron chi connectivity index (χ1n) is 5.99. The second-order valence-electron chi connectivity index (χ2n) is 4.95. The lowest BCUT2D eigenvalue weighted by molar-refractivity contribution is -0.141. The third-order valence-electron chi connectivity index (χ3n) is 3.35. The molecule has 0 heterocycles. The number of aliphatic carboxylic acids is 1. The molecular formula is C11H21NO4S. The van der Waals surface area contributed by atoms with E-state index in [-0.39, 0.29) is 18.2 Å². The van der Waals surface area contributed by atoms with Crippen LogP contribution in [0.2, 0.25) is 0 Å². The van der Waals surface area contributed by atoms with Crippen LogP contribution in [0.25, 0.3) is 0 Å². The van der Waals surface area contributed by atoms with Crippen LogP contribution in [0.5, 0.6) is 0 Å². The van der Waals surface area contributed by atoms with Gasteiger partial charge < -0.3 is 5.11 Å². The number of hydrogen-bond acceptors (Lipinski definition) is 3. The van der Waals surface area contributed by atoms with Crippen LogP contribution in [0, 0.1) is 11.8 Å². The zero-order valence-corrected chi connectivity index (χ0v) is 11.2. The first-order valence-corrected chi connectivity index (χ1v) is 7.60. The zero-order valence-electron chi connectivity index (χ0n) is 10.4. The quantitative estimate of drug-likeness (QED) is 0.780. The lowest BCUT2D eigenvalue weighted by atomic mass is 10.1. The Kier molecular flexibility index (Phi) is 4.94. The Morgan fingerprint density at radius 1 is 1.41 bits per heavy atom. The third kappa shape index (κ3) is 4.27. The van der Waals surface area contributed by atoms with Crippen molar-refractivity contribution in [1.29, 1.82) is 0 Å². The molecule has 0 spiro atoms. The van der Waals surface area contributed by atoms with Gasteiger partial charge in [-0.3, -0.25) is 4.79 Å². The molecular weight excluding hydrogens is 242 g/mol. The maximum Gasteiger partial charge on any atom is 0.307 e. The fourth-order valence-corrected chi connectivity index (χ4v) is 3.81. The van der Waals surface area contributed by atoms with Crippen LogP contribution in [0.15, 0.2) is 0 Å². The zero-order chi connectivity index (χ0) is 13.1. The van der Waals surface area contributed by atoms with Gasteiger partial charge in [-0.15, -0.1) is 0 Å². The van der Waals surface area contributed by atoms with Crippen molar-refractivity contribution in [2.45, 2.75) is 32.6 Å². The minimum atomic E-state index is -3.30. The topological polar surface area (TPSA) is 74.7 Å². The molecule has 1 fully saturated rings. The highest BCUT2D eigenvalue weighted by Crippen LogP contribution is 2.26. The van der Waals surface area contributed by atoms with E-state index in [1.165, 1.54) is 18.3 Å². The molecule has 6 heteroatoms. The van der Waals surface area contributed by atoms with Crippen LogP contribution in [-0.4, -0.2) is 43.1 Å². The summed E-state index contributed by atoms with van der Waals surface area (Å²) in [5.41, 5.74) is 0. The van der Waals surface area contributed by atoms with E-state index in [0.717, 1.165) is 25.7 Å². The molecule has 17 heavy (non-hydrogen) atoms. The van der Waals surface area contributed by atoms with Crippen molar-refractivity contribution in [2.24, 2.45) is 11.8 Å². The highest BCUT2D eigenvalue weighted by atomic mass is 32.2. The molecule has 0 amide bonds. The van der Waals surface area contributed by atoms with Crippen molar-refractivity contribution in [3.63, 3.8) is 0 Å². The molecule has 100 valence electrons. The molecule has 0 aromatic carbocycles. The predicted octanol–water partition coefficient (Wildman–Crippen LogP) is 1.16. The van der Waals surface area contributed by atoms with Gasteiger partial charge in [-0.25, -0.2) is 12.7 Å². The Morgan fingerprint density at radius 2 is 1.94 bits per heavy atom. The van der Waals surface area contributed by atoms with Crippen LogP contribution < -0.4 is 0 Å². The molecule has 1 aliphatic rings. The second-order valence-corrected chi connectivity index (χ2v) is 7.07. The monoisotopic (exact) mass is 263 g/mol. The molecule has 0 aromatic rings. The summed E-state index contributed by atoms with van der Waals surface area (Å²) >= 11 is 0. The summed E-state index contributed by atoms with van der Waals surface area (Å²) in [5.74, 6) is -1.22. The largest absolute Gasteiger partial charge is 0.481 e. The van der Waals surface area contributed by atoms with Crippen LogP contribution >= 0.6 is 0 Å². The van der Waals surface area contributed by atoms with E-state index in [1.807, 2.05) is 0 Å². The summed E-state index contributed by atoms with van der Waals surface area (Å²) in [5, 5.41) is 8.76. The number of hydrogen-bond donors (Lipinski definition) is 1. The van der Waals surface area contributed by atoms with Crippen molar-refractivity contribution < 1.29 is 18.3 Å². The van der Waals surface area contributed by atoms with E-state index in [0.29, 0.717) is 0 Å². The molecule has 0 aromatic heterocycles. The van der Waals surface area contributed by atoms with Crippen molar-refractivity contribution in [3.8, 4) is 0 Å². The lowest BCUT2D eigenvalue weighted by Gasteiger charge is -2.21. The van der Waals surface area contributed by atoms with Gasteiger partial charge in [0.15, 0.2) is 0 Å². The number of carboxylic acids is 1. The molecule has 0 bridgehead atoms.